The second-order valence-corrected chi connectivity index (χ2v) is 6.94. The number of fused-ring (bicyclic) bond motifs is 3. The molecule has 24 heavy (non-hydrogen) atoms. The fraction of sp³-hybridized carbons (Fsp3) is 0.500. The van der Waals surface area contributed by atoms with E-state index in [0.29, 0.717) is 29.3 Å². The smallest absolute Gasteiger partial charge is 0.339 e. The van der Waals surface area contributed by atoms with Gasteiger partial charge in [0.15, 0.2) is 0 Å². The van der Waals surface area contributed by atoms with Gasteiger partial charge >= 0.3 is 5.63 Å². The van der Waals surface area contributed by atoms with Gasteiger partial charge in [0.2, 0.25) is 0 Å². The Morgan fingerprint density at radius 1 is 1.29 bits per heavy atom. The summed E-state index contributed by atoms with van der Waals surface area (Å²) < 4.78 is 11.1. The van der Waals surface area contributed by atoms with E-state index in [-0.39, 0.29) is 17.5 Å². The number of aryl methyl sites for hydroxylation is 1. The van der Waals surface area contributed by atoms with E-state index in [1.165, 1.54) is 0 Å². The molecule has 1 atom stereocenters. The highest BCUT2D eigenvalue weighted by atomic mass is 35.5. The summed E-state index contributed by atoms with van der Waals surface area (Å²) in [5.41, 5.74) is 2.47. The first kappa shape index (κ1) is 15.9. The monoisotopic (exact) mass is 349 g/mol. The minimum Gasteiger partial charge on any atom is -0.506 e. The number of ether oxygens (including phenoxy) is 1. The number of phenols is 1. The summed E-state index contributed by atoms with van der Waals surface area (Å²) in [6.07, 6.45) is 4.87. The minimum absolute atomic E-state index is 0.0231. The van der Waals surface area contributed by atoms with E-state index in [0.717, 1.165) is 55.2 Å². The molecule has 1 saturated heterocycles. The fourth-order valence-corrected chi connectivity index (χ4v) is 3.99. The average molecular weight is 350 g/mol. The lowest BCUT2D eigenvalue weighted by Crippen LogP contribution is -2.26. The molecule has 1 aliphatic heterocycles. The first-order valence-electron chi connectivity index (χ1n) is 8.46. The van der Waals surface area contributed by atoms with Gasteiger partial charge in [-0.15, -0.1) is 0 Å². The van der Waals surface area contributed by atoms with Crippen LogP contribution in [0, 0.1) is 0 Å². The van der Waals surface area contributed by atoms with Gasteiger partial charge in [-0.05, 0) is 43.7 Å². The number of halogens is 1. The van der Waals surface area contributed by atoms with E-state index in [9.17, 15) is 9.90 Å². The van der Waals surface area contributed by atoms with Gasteiger partial charge in [0.25, 0.3) is 0 Å². The molecule has 2 N–H and O–H groups in total. The van der Waals surface area contributed by atoms with Gasteiger partial charge < -0.3 is 19.6 Å². The topological polar surface area (TPSA) is 71.7 Å². The zero-order valence-corrected chi connectivity index (χ0v) is 14.1. The number of nitrogens with one attached hydrogen (secondary N) is 1. The molecule has 0 unspecified atom stereocenters. The van der Waals surface area contributed by atoms with Gasteiger partial charge in [0.1, 0.15) is 11.3 Å². The highest BCUT2D eigenvalue weighted by Crippen LogP contribution is 2.38. The lowest BCUT2D eigenvalue weighted by molar-refractivity contribution is 0.110. The molecule has 0 saturated carbocycles. The summed E-state index contributed by atoms with van der Waals surface area (Å²) >= 11 is 6.22. The molecule has 6 heteroatoms. The molecule has 2 aliphatic rings. The Labute approximate surface area is 144 Å². The van der Waals surface area contributed by atoms with Crippen molar-refractivity contribution in [3.8, 4) is 5.75 Å². The molecule has 0 radical (unpaired) electrons. The van der Waals surface area contributed by atoms with Gasteiger partial charge in [-0.3, -0.25) is 0 Å². The van der Waals surface area contributed by atoms with Crippen LogP contribution in [0.5, 0.6) is 5.75 Å². The summed E-state index contributed by atoms with van der Waals surface area (Å²) in [6.45, 7) is 1.88. The van der Waals surface area contributed by atoms with Crippen molar-refractivity contribution < 1.29 is 14.3 Å². The second-order valence-electron chi connectivity index (χ2n) is 6.53. The van der Waals surface area contributed by atoms with Crippen LogP contribution in [0.1, 0.15) is 36.0 Å². The molecule has 5 nitrogen and oxygen atoms in total. The van der Waals surface area contributed by atoms with Crippen LogP contribution in [-0.4, -0.2) is 24.4 Å². The van der Waals surface area contributed by atoms with Gasteiger partial charge in [-0.2, -0.15) is 0 Å². The highest BCUT2D eigenvalue weighted by molar-refractivity contribution is 6.33. The van der Waals surface area contributed by atoms with Crippen molar-refractivity contribution in [1.82, 2.24) is 5.32 Å². The first-order chi connectivity index (χ1) is 11.6. The number of hydrogen-bond acceptors (Lipinski definition) is 5. The lowest BCUT2D eigenvalue weighted by Gasteiger charge is -2.14. The standard InChI is InChI=1S/C18H20ClNO4/c19-15-7-13-11-4-1-5-12(11)18(22)24-17(13)14(16(15)21)9-20-8-10-3-2-6-23-10/h7,10,20-21H,1-6,8-9H2/t10-/m0/s1. The summed E-state index contributed by atoms with van der Waals surface area (Å²) in [5, 5.41) is 14.8. The molecule has 4 rings (SSSR count). The first-order valence-corrected chi connectivity index (χ1v) is 8.84. The quantitative estimate of drug-likeness (QED) is 0.830. The summed E-state index contributed by atoms with van der Waals surface area (Å²) in [5.74, 6) is -0.0231. The molecule has 2 heterocycles. The third-order valence-electron chi connectivity index (χ3n) is 4.98. The molecule has 1 aliphatic carbocycles. The molecule has 128 valence electrons. The molecule has 1 fully saturated rings. The molecule has 0 amide bonds. The fourth-order valence-electron chi connectivity index (χ4n) is 3.76. The number of hydrogen-bond donors (Lipinski definition) is 2. The van der Waals surface area contributed by atoms with Crippen molar-refractivity contribution in [2.75, 3.05) is 13.2 Å². The van der Waals surface area contributed by atoms with E-state index >= 15 is 0 Å². The Morgan fingerprint density at radius 2 is 2.12 bits per heavy atom. The summed E-state index contributed by atoms with van der Waals surface area (Å²) in [7, 11) is 0. The Morgan fingerprint density at radius 3 is 2.92 bits per heavy atom. The predicted octanol–water partition coefficient (Wildman–Crippen LogP) is 2.91. The average Bonchev–Trinajstić information content (AvgIpc) is 3.24. The van der Waals surface area contributed by atoms with Crippen molar-refractivity contribution in [2.45, 2.75) is 44.8 Å². The number of rotatable bonds is 4. The molecular weight excluding hydrogens is 330 g/mol. The molecule has 2 aromatic rings. The van der Waals surface area contributed by atoms with Gasteiger partial charge in [-0.1, -0.05) is 11.6 Å². The van der Waals surface area contributed by atoms with Crippen molar-refractivity contribution in [3.63, 3.8) is 0 Å². The maximum atomic E-state index is 12.2. The SMILES string of the molecule is O=c1oc2c(CNC[C@@H]3CCCO3)c(O)c(Cl)cc2c2c1CCC2. The Hall–Kier alpha value is -1.56. The van der Waals surface area contributed by atoms with E-state index < -0.39 is 0 Å². The number of phenolic OH excluding ortho intramolecular Hbond substituents is 1. The normalized spacial score (nSPS) is 20.0. The van der Waals surface area contributed by atoms with Crippen LogP contribution in [-0.2, 0) is 24.1 Å². The van der Waals surface area contributed by atoms with Crippen LogP contribution in [0.15, 0.2) is 15.3 Å². The van der Waals surface area contributed by atoms with Gasteiger partial charge in [-0.25, -0.2) is 4.79 Å². The van der Waals surface area contributed by atoms with Crippen LogP contribution in [0.2, 0.25) is 5.02 Å². The summed E-state index contributed by atoms with van der Waals surface area (Å²) in [6, 6.07) is 1.71. The maximum Gasteiger partial charge on any atom is 0.339 e. The Kier molecular flexibility index (Phi) is 4.24. The van der Waals surface area contributed by atoms with Crippen LogP contribution in [0.4, 0.5) is 0 Å². The number of aromatic hydroxyl groups is 1. The molecule has 0 bridgehead atoms. The van der Waals surface area contributed by atoms with Crippen molar-refractivity contribution in [1.29, 1.82) is 0 Å². The summed E-state index contributed by atoms with van der Waals surface area (Å²) in [4.78, 5) is 12.2. The maximum absolute atomic E-state index is 12.2. The molecular formula is C18H20ClNO4. The molecule has 1 aromatic heterocycles. The van der Waals surface area contributed by atoms with Gasteiger partial charge in [0, 0.05) is 30.6 Å². The number of benzene rings is 1. The van der Waals surface area contributed by atoms with Crippen molar-refractivity contribution >= 4 is 22.6 Å². The molecule has 1 aromatic carbocycles. The van der Waals surface area contributed by atoms with Crippen LogP contribution >= 0.6 is 11.6 Å². The van der Waals surface area contributed by atoms with Crippen LogP contribution in [0.3, 0.4) is 0 Å². The van der Waals surface area contributed by atoms with E-state index in [1.54, 1.807) is 6.07 Å². The molecule has 0 spiro atoms. The third-order valence-corrected chi connectivity index (χ3v) is 5.27. The zero-order chi connectivity index (χ0) is 16.7. The largest absolute Gasteiger partial charge is 0.506 e. The van der Waals surface area contributed by atoms with Crippen molar-refractivity contribution in [2.24, 2.45) is 0 Å². The van der Waals surface area contributed by atoms with Gasteiger partial charge in [0.05, 0.1) is 16.7 Å². The predicted molar refractivity (Wildman–Crippen MR) is 91.9 cm³/mol. The Balaban J connectivity index is 1.71. The minimum atomic E-state index is -0.294. The zero-order valence-electron chi connectivity index (χ0n) is 13.4. The van der Waals surface area contributed by atoms with Crippen LogP contribution in [0.25, 0.3) is 11.0 Å². The van der Waals surface area contributed by atoms with E-state index in [2.05, 4.69) is 5.32 Å². The van der Waals surface area contributed by atoms with E-state index in [1.807, 2.05) is 0 Å². The second kappa shape index (κ2) is 6.39. The third kappa shape index (κ3) is 2.70. The van der Waals surface area contributed by atoms with Crippen LogP contribution < -0.4 is 10.9 Å². The Bertz CT molecular complexity index is 839. The van der Waals surface area contributed by atoms with Crippen molar-refractivity contribution in [3.05, 3.63) is 38.2 Å². The van der Waals surface area contributed by atoms with E-state index in [4.69, 9.17) is 20.8 Å². The highest BCUT2D eigenvalue weighted by Gasteiger charge is 2.24. The lowest BCUT2D eigenvalue weighted by atomic mass is 10.0.